The number of nitrogens with two attached hydrogens (primary N) is 1. The molecule has 2 N–H and O–H groups in total. The highest BCUT2D eigenvalue weighted by Crippen LogP contribution is 2.31. The predicted octanol–water partition coefficient (Wildman–Crippen LogP) is 1.75. The van der Waals surface area contributed by atoms with E-state index in [1.165, 1.54) is 18.6 Å². The molecule has 6 heteroatoms. The van der Waals surface area contributed by atoms with Gasteiger partial charge in [0.1, 0.15) is 10.6 Å². The van der Waals surface area contributed by atoms with Crippen LogP contribution in [0, 0.1) is 0 Å². The SMILES string of the molecule is CCC(C)N(C)c1snc(N)c1C(=O)OC. The van der Waals surface area contributed by atoms with Crippen molar-refractivity contribution in [2.75, 3.05) is 24.8 Å². The quantitative estimate of drug-likeness (QED) is 0.816. The summed E-state index contributed by atoms with van der Waals surface area (Å²) in [7, 11) is 3.26. The zero-order chi connectivity index (χ0) is 12.3. The van der Waals surface area contributed by atoms with E-state index in [2.05, 4.69) is 18.2 Å². The minimum atomic E-state index is -0.434. The van der Waals surface area contributed by atoms with Crippen molar-refractivity contribution in [1.82, 2.24) is 4.37 Å². The fourth-order valence-electron chi connectivity index (χ4n) is 1.30. The molecular formula is C10H17N3O2S. The standard InChI is InChI=1S/C10H17N3O2S/c1-5-6(2)13(3)9-7(10(14)15-4)8(11)12-16-9/h6H,5H2,1-4H3,(H2,11,12). The number of nitrogens with zero attached hydrogens (tertiary/aromatic N) is 2. The number of nitrogen functional groups attached to an aromatic ring is 1. The lowest BCUT2D eigenvalue weighted by molar-refractivity contribution is 0.0603. The maximum Gasteiger partial charge on any atom is 0.344 e. The fraction of sp³-hybridized carbons (Fsp3) is 0.600. The molecule has 1 aromatic heterocycles. The van der Waals surface area contributed by atoms with Crippen LogP contribution in [0.15, 0.2) is 0 Å². The first-order valence-corrected chi connectivity index (χ1v) is 5.86. The molecule has 0 fully saturated rings. The van der Waals surface area contributed by atoms with Gasteiger partial charge in [-0.05, 0) is 24.9 Å². The van der Waals surface area contributed by atoms with Crippen LogP contribution in [0.5, 0.6) is 0 Å². The van der Waals surface area contributed by atoms with Gasteiger partial charge < -0.3 is 15.4 Å². The number of carbonyl (C=O) groups excluding carboxylic acids is 1. The maximum absolute atomic E-state index is 11.6. The molecule has 0 aliphatic heterocycles. The van der Waals surface area contributed by atoms with E-state index in [1.807, 2.05) is 11.9 Å². The van der Waals surface area contributed by atoms with Crippen LogP contribution in [0.2, 0.25) is 0 Å². The molecule has 0 amide bonds. The maximum atomic E-state index is 11.6. The fourth-order valence-corrected chi connectivity index (χ4v) is 2.17. The summed E-state index contributed by atoms with van der Waals surface area (Å²) >= 11 is 1.22. The van der Waals surface area contributed by atoms with Crippen LogP contribution in [0.3, 0.4) is 0 Å². The number of rotatable bonds is 4. The molecule has 1 unspecified atom stereocenters. The highest BCUT2D eigenvalue weighted by molar-refractivity contribution is 7.11. The molecule has 16 heavy (non-hydrogen) atoms. The molecule has 0 aliphatic carbocycles. The van der Waals surface area contributed by atoms with Crippen LogP contribution >= 0.6 is 11.5 Å². The lowest BCUT2D eigenvalue weighted by Gasteiger charge is -2.24. The van der Waals surface area contributed by atoms with Crippen molar-refractivity contribution in [3.8, 4) is 0 Å². The molecule has 0 saturated carbocycles. The van der Waals surface area contributed by atoms with E-state index < -0.39 is 5.97 Å². The van der Waals surface area contributed by atoms with Crippen molar-refractivity contribution < 1.29 is 9.53 Å². The van der Waals surface area contributed by atoms with Gasteiger partial charge in [0.15, 0.2) is 5.82 Å². The number of esters is 1. The molecule has 1 aromatic rings. The lowest BCUT2D eigenvalue weighted by Crippen LogP contribution is -2.28. The summed E-state index contributed by atoms with van der Waals surface area (Å²) in [6.45, 7) is 4.17. The Morgan fingerprint density at radius 2 is 2.31 bits per heavy atom. The van der Waals surface area contributed by atoms with Crippen molar-refractivity contribution in [3.63, 3.8) is 0 Å². The molecule has 0 saturated heterocycles. The number of methoxy groups -OCH3 is 1. The lowest BCUT2D eigenvalue weighted by atomic mass is 10.2. The summed E-state index contributed by atoms with van der Waals surface area (Å²) in [5, 5.41) is 0.763. The second-order valence-electron chi connectivity index (χ2n) is 3.61. The Morgan fingerprint density at radius 1 is 1.69 bits per heavy atom. The summed E-state index contributed by atoms with van der Waals surface area (Å²) in [5.41, 5.74) is 6.04. The summed E-state index contributed by atoms with van der Waals surface area (Å²) in [4.78, 5) is 13.6. The Kier molecular flexibility index (Phi) is 4.12. The Bertz CT molecular complexity index is 378. The van der Waals surface area contributed by atoms with Crippen LogP contribution in [0.1, 0.15) is 30.6 Å². The van der Waals surface area contributed by atoms with E-state index in [9.17, 15) is 4.79 Å². The number of anilines is 2. The van der Waals surface area contributed by atoms with E-state index >= 15 is 0 Å². The minimum Gasteiger partial charge on any atom is -0.465 e. The van der Waals surface area contributed by atoms with Crippen molar-refractivity contribution in [2.24, 2.45) is 0 Å². The molecular weight excluding hydrogens is 226 g/mol. The van der Waals surface area contributed by atoms with Gasteiger partial charge in [0.2, 0.25) is 0 Å². The zero-order valence-electron chi connectivity index (χ0n) is 9.98. The molecule has 0 spiro atoms. The summed E-state index contributed by atoms with van der Waals surface area (Å²) in [5.74, 6) is -0.196. The number of aromatic nitrogens is 1. The molecule has 0 aromatic carbocycles. The van der Waals surface area contributed by atoms with E-state index in [0.717, 1.165) is 11.4 Å². The summed E-state index contributed by atoms with van der Waals surface area (Å²) in [6.07, 6.45) is 0.981. The van der Waals surface area contributed by atoms with Gasteiger partial charge in [0.25, 0.3) is 0 Å². The van der Waals surface area contributed by atoms with Crippen LogP contribution in [0.4, 0.5) is 10.8 Å². The average Bonchev–Trinajstić information content (AvgIpc) is 2.68. The molecule has 0 aliphatic rings. The smallest absolute Gasteiger partial charge is 0.344 e. The third-order valence-electron chi connectivity index (χ3n) is 2.66. The number of carbonyl (C=O) groups is 1. The topological polar surface area (TPSA) is 68.5 Å². The number of ether oxygens (including phenoxy) is 1. The first kappa shape index (κ1) is 12.8. The van der Waals surface area contributed by atoms with Crippen LogP contribution in [-0.2, 0) is 4.74 Å². The van der Waals surface area contributed by atoms with Crippen molar-refractivity contribution in [1.29, 1.82) is 0 Å². The zero-order valence-corrected chi connectivity index (χ0v) is 10.8. The second kappa shape index (κ2) is 5.16. The van der Waals surface area contributed by atoms with Gasteiger partial charge in [0, 0.05) is 13.1 Å². The Morgan fingerprint density at radius 3 is 2.81 bits per heavy atom. The van der Waals surface area contributed by atoms with Gasteiger partial charge in [-0.1, -0.05) is 6.92 Å². The third kappa shape index (κ3) is 2.27. The highest BCUT2D eigenvalue weighted by atomic mass is 32.1. The van der Waals surface area contributed by atoms with Gasteiger partial charge in [-0.15, -0.1) is 0 Å². The second-order valence-corrected chi connectivity index (χ2v) is 4.36. The summed E-state index contributed by atoms with van der Waals surface area (Å²) in [6, 6.07) is 0.322. The van der Waals surface area contributed by atoms with E-state index in [4.69, 9.17) is 10.5 Å². The first-order valence-electron chi connectivity index (χ1n) is 5.09. The number of hydrogen-bond donors (Lipinski definition) is 1. The Balaban J connectivity index is 3.09. The molecule has 0 bridgehead atoms. The summed E-state index contributed by atoms with van der Waals surface area (Å²) < 4.78 is 8.70. The Labute approximate surface area is 99.4 Å². The normalized spacial score (nSPS) is 12.2. The van der Waals surface area contributed by atoms with Gasteiger partial charge in [-0.3, -0.25) is 0 Å². The van der Waals surface area contributed by atoms with E-state index in [-0.39, 0.29) is 5.82 Å². The third-order valence-corrected chi connectivity index (χ3v) is 3.62. The molecule has 5 nitrogen and oxygen atoms in total. The highest BCUT2D eigenvalue weighted by Gasteiger charge is 2.24. The van der Waals surface area contributed by atoms with Gasteiger partial charge in [0.05, 0.1) is 7.11 Å². The van der Waals surface area contributed by atoms with Crippen molar-refractivity contribution in [2.45, 2.75) is 26.3 Å². The average molecular weight is 243 g/mol. The van der Waals surface area contributed by atoms with Gasteiger partial charge in [-0.2, -0.15) is 4.37 Å². The monoisotopic (exact) mass is 243 g/mol. The van der Waals surface area contributed by atoms with E-state index in [1.54, 1.807) is 0 Å². The largest absolute Gasteiger partial charge is 0.465 e. The van der Waals surface area contributed by atoms with Crippen LogP contribution in [0.25, 0.3) is 0 Å². The predicted molar refractivity (Wildman–Crippen MR) is 66.0 cm³/mol. The van der Waals surface area contributed by atoms with Crippen molar-refractivity contribution >= 4 is 28.3 Å². The van der Waals surface area contributed by atoms with Gasteiger partial charge >= 0.3 is 5.97 Å². The molecule has 1 atom stereocenters. The van der Waals surface area contributed by atoms with Crippen LogP contribution in [-0.4, -0.2) is 30.5 Å². The van der Waals surface area contributed by atoms with Gasteiger partial charge in [-0.25, -0.2) is 4.79 Å². The molecule has 90 valence electrons. The first-order chi connectivity index (χ1) is 7.52. The molecule has 0 radical (unpaired) electrons. The van der Waals surface area contributed by atoms with Crippen molar-refractivity contribution in [3.05, 3.63) is 5.56 Å². The number of hydrogen-bond acceptors (Lipinski definition) is 6. The van der Waals surface area contributed by atoms with E-state index in [0.29, 0.717) is 11.6 Å². The Hall–Kier alpha value is -1.30. The molecule has 1 heterocycles. The van der Waals surface area contributed by atoms with Crippen LogP contribution < -0.4 is 10.6 Å². The molecule has 1 rings (SSSR count). The minimum absolute atomic E-state index is 0.238.